The van der Waals surface area contributed by atoms with Crippen LogP contribution in [0.1, 0.15) is 0 Å². The summed E-state index contributed by atoms with van der Waals surface area (Å²) in [5.74, 6) is 0. The van der Waals surface area contributed by atoms with E-state index in [0.717, 1.165) is 0 Å². The molecule has 0 radical (unpaired) electrons. The number of hydrogen-bond donors (Lipinski definition) is 0. The molecule has 1 aliphatic rings. The molecule has 8 heavy (non-hydrogen) atoms. The van der Waals surface area contributed by atoms with Crippen LogP contribution in [-0.4, -0.2) is 41.1 Å². The Kier molecular flexibility index (Phi) is 1.96. The standard InChI is InChI=1S/C5H10N2.W/c1-6-3-4-7(2)5-6;/h3-4H2,1-2H3;. The fraction of sp³-hybridized carbons (Fsp3) is 0.800. The van der Waals surface area contributed by atoms with Gasteiger partial charge < -0.3 is 0 Å². The van der Waals surface area contributed by atoms with Crippen molar-refractivity contribution < 1.29 is 19.4 Å². The molecule has 1 heterocycles. The molecule has 0 saturated carbocycles. The summed E-state index contributed by atoms with van der Waals surface area (Å²) in [4.78, 5) is 4.60. The Labute approximate surface area is 60.9 Å². The average Bonchev–Trinajstić information content (AvgIpc) is 1.98. The second kappa shape index (κ2) is 2.38. The van der Waals surface area contributed by atoms with E-state index in [0.29, 0.717) is 0 Å². The van der Waals surface area contributed by atoms with Crippen LogP contribution in [0.25, 0.3) is 0 Å². The number of hydrogen-bond acceptors (Lipinski definition) is 2. The van der Waals surface area contributed by atoms with Gasteiger partial charge in [-0.05, 0) is 0 Å². The fourth-order valence-electron chi connectivity index (χ4n) is 0.783. The molecule has 1 saturated heterocycles. The van der Waals surface area contributed by atoms with Crippen molar-refractivity contribution in [1.29, 1.82) is 0 Å². The minimum absolute atomic E-state index is 1.20. The topological polar surface area (TPSA) is 6.48 Å². The third kappa shape index (κ3) is 1.07. The Morgan fingerprint density at radius 1 is 1.25 bits per heavy atom. The Morgan fingerprint density at radius 3 is 1.75 bits per heavy atom. The summed E-state index contributed by atoms with van der Waals surface area (Å²) in [6, 6.07) is 0. The van der Waals surface area contributed by atoms with Gasteiger partial charge in [0.1, 0.15) is 0 Å². The van der Waals surface area contributed by atoms with Crippen molar-refractivity contribution in [3.63, 3.8) is 0 Å². The van der Waals surface area contributed by atoms with E-state index in [-0.39, 0.29) is 0 Å². The average molecular weight is 282 g/mol. The van der Waals surface area contributed by atoms with E-state index in [1.807, 2.05) is 0 Å². The zero-order chi connectivity index (χ0) is 6.15. The van der Waals surface area contributed by atoms with Gasteiger partial charge in [0.2, 0.25) is 0 Å². The Balaban J connectivity index is 2.57. The van der Waals surface area contributed by atoms with E-state index in [1.165, 1.54) is 17.2 Å². The molecule has 46 valence electrons. The SMILES string of the molecule is CN1CCN(C)[C]1=[W]. The van der Waals surface area contributed by atoms with Crippen molar-refractivity contribution in [2.75, 3.05) is 27.2 Å². The van der Waals surface area contributed by atoms with Crippen molar-refractivity contribution in [2.45, 2.75) is 0 Å². The summed E-state index contributed by atoms with van der Waals surface area (Å²) in [7, 11) is 4.29. The molecule has 3 heteroatoms. The first-order valence-electron chi connectivity index (χ1n) is 2.68. The molecule has 0 aromatic rings. The summed E-state index contributed by atoms with van der Waals surface area (Å²) in [5.41, 5.74) is 0. The van der Waals surface area contributed by atoms with Gasteiger partial charge in [0.05, 0.1) is 0 Å². The van der Waals surface area contributed by atoms with Gasteiger partial charge in [-0.3, -0.25) is 0 Å². The molecule has 1 aliphatic heterocycles. The van der Waals surface area contributed by atoms with Crippen molar-refractivity contribution in [3.8, 4) is 0 Å². The number of likely N-dealkylation sites (N-methyl/N-ethyl adjacent to an activating group) is 2. The van der Waals surface area contributed by atoms with Crippen molar-refractivity contribution in [1.82, 2.24) is 9.80 Å². The predicted octanol–water partition coefficient (Wildman–Crippen LogP) is -0.502. The quantitative estimate of drug-likeness (QED) is 0.591. The van der Waals surface area contributed by atoms with E-state index in [2.05, 4.69) is 23.9 Å². The molecule has 0 bridgehead atoms. The van der Waals surface area contributed by atoms with E-state index in [1.54, 1.807) is 19.4 Å². The predicted molar refractivity (Wildman–Crippen MR) is 30.3 cm³/mol. The van der Waals surface area contributed by atoms with Crippen molar-refractivity contribution in [3.05, 3.63) is 0 Å². The second-order valence-corrected chi connectivity index (χ2v) is 3.44. The van der Waals surface area contributed by atoms with Crippen molar-refractivity contribution in [2.24, 2.45) is 0 Å². The fourth-order valence-corrected chi connectivity index (χ4v) is 1.44. The van der Waals surface area contributed by atoms with E-state index in [4.69, 9.17) is 0 Å². The molecular formula is C5H10N2W. The van der Waals surface area contributed by atoms with Crippen molar-refractivity contribution >= 4 is 4.15 Å². The first kappa shape index (κ1) is 6.60. The summed E-state index contributed by atoms with van der Waals surface area (Å²) in [6.45, 7) is 2.41. The van der Waals surface area contributed by atoms with Gasteiger partial charge in [-0.2, -0.15) is 0 Å². The Bertz CT molecular complexity index is 101. The molecular weight excluding hydrogens is 272 g/mol. The summed E-state index contributed by atoms with van der Waals surface area (Å²) >= 11 is 1.57. The normalized spacial score (nSPS) is 25.0. The minimum atomic E-state index is 1.20. The van der Waals surface area contributed by atoms with Gasteiger partial charge in [-0.15, -0.1) is 0 Å². The zero-order valence-electron chi connectivity index (χ0n) is 5.22. The van der Waals surface area contributed by atoms with Gasteiger partial charge >= 0.3 is 60.5 Å². The van der Waals surface area contributed by atoms with Gasteiger partial charge in [0.25, 0.3) is 0 Å². The molecule has 2 nitrogen and oxygen atoms in total. The van der Waals surface area contributed by atoms with Crippen LogP contribution in [0.15, 0.2) is 0 Å². The number of rotatable bonds is 0. The molecule has 0 spiro atoms. The molecule has 1 rings (SSSR count). The molecule has 0 atom stereocenters. The Morgan fingerprint density at radius 2 is 1.62 bits per heavy atom. The van der Waals surface area contributed by atoms with Crippen LogP contribution in [0.5, 0.6) is 0 Å². The van der Waals surface area contributed by atoms with E-state index >= 15 is 0 Å². The number of nitrogens with zero attached hydrogens (tertiary/aromatic N) is 2. The third-order valence-electron chi connectivity index (χ3n) is 1.42. The van der Waals surface area contributed by atoms with Gasteiger partial charge in [-0.1, -0.05) is 0 Å². The van der Waals surface area contributed by atoms with E-state index < -0.39 is 0 Å². The molecule has 0 aromatic carbocycles. The second-order valence-electron chi connectivity index (χ2n) is 2.13. The molecule has 0 aliphatic carbocycles. The van der Waals surface area contributed by atoms with Crippen LogP contribution in [-0.2, 0) is 19.4 Å². The van der Waals surface area contributed by atoms with Gasteiger partial charge in [0, 0.05) is 0 Å². The molecule has 0 aromatic heterocycles. The van der Waals surface area contributed by atoms with Crippen LogP contribution in [0.2, 0.25) is 0 Å². The molecule has 1 fully saturated rings. The first-order chi connectivity index (χ1) is 3.72. The van der Waals surface area contributed by atoms with Crippen LogP contribution in [0.3, 0.4) is 0 Å². The van der Waals surface area contributed by atoms with Crippen LogP contribution < -0.4 is 0 Å². The maximum atomic E-state index is 2.30. The Hall–Kier alpha value is 0.478. The molecule has 0 unspecified atom stereocenters. The summed E-state index contributed by atoms with van der Waals surface area (Å²) < 4.78 is 1.46. The van der Waals surface area contributed by atoms with Gasteiger partial charge in [0.15, 0.2) is 0 Å². The third-order valence-corrected chi connectivity index (χ3v) is 3.66. The van der Waals surface area contributed by atoms with Crippen LogP contribution in [0.4, 0.5) is 0 Å². The van der Waals surface area contributed by atoms with E-state index in [9.17, 15) is 0 Å². The zero-order valence-corrected chi connectivity index (χ0v) is 8.15. The van der Waals surface area contributed by atoms with Gasteiger partial charge in [-0.25, -0.2) is 0 Å². The molecule has 0 N–H and O–H groups in total. The van der Waals surface area contributed by atoms with Crippen LogP contribution in [0, 0.1) is 0 Å². The molecule has 0 amide bonds. The monoisotopic (exact) mass is 282 g/mol. The maximum absolute atomic E-state index is 2.30. The first-order valence-corrected chi connectivity index (χ1v) is 4.14. The summed E-state index contributed by atoms with van der Waals surface area (Å²) in [5, 5.41) is 0. The summed E-state index contributed by atoms with van der Waals surface area (Å²) in [6.07, 6.45) is 0. The van der Waals surface area contributed by atoms with Crippen LogP contribution >= 0.6 is 0 Å².